The van der Waals surface area contributed by atoms with Crippen molar-refractivity contribution in [3.05, 3.63) is 65.4 Å². The van der Waals surface area contributed by atoms with Crippen molar-refractivity contribution in [2.75, 3.05) is 16.2 Å². The van der Waals surface area contributed by atoms with Gasteiger partial charge in [-0.15, -0.1) is 11.3 Å². The molecule has 1 amide bonds. The van der Waals surface area contributed by atoms with Gasteiger partial charge < -0.3 is 9.64 Å². The number of ether oxygens (including phenoxy) is 1. The van der Waals surface area contributed by atoms with Crippen molar-refractivity contribution in [2.24, 2.45) is 0 Å². The van der Waals surface area contributed by atoms with E-state index in [1.165, 1.54) is 47.5 Å². The van der Waals surface area contributed by atoms with Crippen molar-refractivity contribution >= 4 is 38.1 Å². The number of amides is 1. The maximum atomic E-state index is 13.8. The predicted octanol–water partition coefficient (Wildman–Crippen LogP) is 3.38. The number of benzene rings is 2. The summed E-state index contributed by atoms with van der Waals surface area (Å²) in [6.45, 7) is 0.367. The van der Waals surface area contributed by atoms with Gasteiger partial charge in [0, 0.05) is 37.7 Å². The molecular formula is C20H17FN4O4S2. The second-order valence-corrected chi connectivity index (χ2v) is 9.15. The van der Waals surface area contributed by atoms with Crippen molar-refractivity contribution < 1.29 is 23.8 Å². The van der Waals surface area contributed by atoms with Gasteiger partial charge in [0.25, 0.3) is 15.9 Å². The predicted molar refractivity (Wildman–Crippen MR) is 114 cm³/mol. The Bertz CT molecular complexity index is 1260. The van der Waals surface area contributed by atoms with Crippen LogP contribution in [0, 0.1) is 17.1 Å². The fourth-order valence-corrected chi connectivity index (χ4v) is 4.89. The number of hydrogen-bond donors (Lipinski definition) is 1. The van der Waals surface area contributed by atoms with Crippen LogP contribution in [0.3, 0.4) is 0 Å². The number of carbonyl (C=O) groups is 1. The van der Waals surface area contributed by atoms with Gasteiger partial charge in [-0.05, 0) is 36.4 Å². The molecule has 0 aliphatic carbocycles. The number of anilines is 2. The van der Waals surface area contributed by atoms with Crippen LogP contribution in [0.1, 0.15) is 13.4 Å². The molecule has 0 saturated carbocycles. The van der Waals surface area contributed by atoms with Gasteiger partial charge in [0.15, 0.2) is 11.2 Å². The molecular weight excluding hydrogens is 443 g/mol. The molecule has 160 valence electrons. The number of thiazole rings is 1. The van der Waals surface area contributed by atoms with Gasteiger partial charge in [0.05, 0.1) is 10.5 Å². The number of halogens is 1. The fraction of sp³-hybridized carbons (Fsp3) is 0.150. The molecule has 1 aliphatic rings. The molecule has 11 heteroatoms. The third-order valence-corrected chi connectivity index (χ3v) is 6.78. The average molecular weight is 461 g/mol. The normalized spacial score (nSPS) is 16.2. The molecule has 1 saturated heterocycles. The lowest BCUT2D eigenvalue weighted by Crippen LogP contribution is -2.32. The van der Waals surface area contributed by atoms with Crippen molar-refractivity contribution in [3.8, 4) is 11.8 Å². The van der Waals surface area contributed by atoms with Crippen LogP contribution in [-0.4, -0.2) is 32.0 Å². The van der Waals surface area contributed by atoms with Gasteiger partial charge in [0.2, 0.25) is 0 Å². The van der Waals surface area contributed by atoms with Crippen molar-refractivity contribution in [1.82, 2.24) is 4.98 Å². The Labute approximate surface area is 183 Å². The first-order chi connectivity index (χ1) is 14.9. The van der Waals surface area contributed by atoms with Gasteiger partial charge in [-0.3, -0.25) is 9.52 Å². The SMILES string of the molecule is N#Cc1ccc(OC2CCN(c3ccc(S(=O)(=O)Nc4nccs4)cc3)C2=O)cc1F.[HH]. The summed E-state index contributed by atoms with van der Waals surface area (Å²) in [5.74, 6) is -0.877. The number of hydrogen-bond acceptors (Lipinski definition) is 7. The smallest absolute Gasteiger partial charge is 0.268 e. The molecule has 4 rings (SSSR count). The molecule has 8 nitrogen and oxygen atoms in total. The summed E-state index contributed by atoms with van der Waals surface area (Å²) in [5, 5.41) is 10.7. The monoisotopic (exact) mass is 460 g/mol. The minimum Gasteiger partial charge on any atom is -0.480 e. The van der Waals surface area contributed by atoms with Crippen LogP contribution < -0.4 is 14.4 Å². The Balaban J connectivity index is 0.00000289. The highest BCUT2D eigenvalue weighted by Crippen LogP contribution is 2.27. The van der Waals surface area contributed by atoms with E-state index in [9.17, 15) is 17.6 Å². The molecule has 1 aromatic heterocycles. The van der Waals surface area contributed by atoms with Gasteiger partial charge >= 0.3 is 0 Å². The molecule has 3 aromatic rings. The Morgan fingerprint density at radius 2 is 2.06 bits per heavy atom. The highest BCUT2D eigenvalue weighted by molar-refractivity contribution is 7.93. The summed E-state index contributed by atoms with van der Waals surface area (Å²) >= 11 is 1.16. The van der Waals surface area contributed by atoms with E-state index in [-0.39, 0.29) is 28.7 Å². The van der Waals surface area contributed by atoms with Gasteiger partial charge in [-0.25, -0.2) is 17.8 Å². The van der Waals surface area contributed by atoms with Crippen LogP contribution in [0.15, 0.2) is 58.9 Å². The Morgan fingerprint density at radius 3 is 2.71 bits per heavy atom. The van der Waals surface area contributed by atoms with Crippen molar-refractivity contribution in [3.63, 3.8) is 0 Å². The Kier molecular flexibility index (Phi) is 5.58. The van der Waals surface area contributed by atoms with Crippen LogP contribution in [0.2, 0.25) is 0 Å². The summed E-state index contributed by atoms with van der Waals surface area (Å²) in [5.41, 5.74) is 0.418. The van der Waals surface area contributed by atoms with E-state index in [0.29, 0.717) is 18.7 Å². The summed E-state index contributed by atoms with van der Waals surface area (Å²) in [6.07, 6.45) is 1.07. The fourth-order valence-electron chi connectivity index (χ4n) is 3.10. The van der Waals surface area contributed by atoms with E-state index in [1.54, 1.807) is 11.4 Å². The van der Waals surface area contributed by atoms with Gasteiger partial charge in [-0.2, -0.15) is 5.26 Å². The van der Waals surface area contributed by atoms with Crippen LogP contribution in [0.25, 0.3) is 0 Å². The highest BCUT2D eigenvalue weighted by atomic mass is 32.2. The number of nitriles is 1. The lowest BCUT2D eigenvalue weighted by molar-refractivity contribution is -0.122. The molecule has 0 bridgehead atoms. The van der Waals surface area contributed by atoms with Crippen LogP contribution in [0.4, 0.5) is 15.2 Å². The van der Waals surface area contributed by atoms with Crippen LogP contribution in [-0.2, 0) is 14.8 Å². The summed E-state index contributed by atoms with van der Waals surface area (Å²) < 4.78 is 46.6. The topological polar surface area (TPSA) is 112 Å². The van der Waals surface area contributed by atoms with E-state index >= 15 is 0 Å². The van der Waals surface area contributed by atoms with E-state index in [2.05, 4.69) is 9.71 Å². The largest absolute Gasteiger partial charge is 0.480 e. The minimum atomic E-state index is -3.79. The first-order valence-corrected chi connectivity index (χ1v) is 11.4. The number of aromatic nitrogens is 1. The maximum absolute atomic E-state index is 13.8. The third kappa shape index (κ3) is 4.35. The standard InChI is InChI=1S/C20H15FN4O4S2.H2/c21-17-11-15(4-1-13(17)12-22)29-18-7-9-25(19(18)26)14-2-5-16(6-3-14)31(27,28)24-20-23-8-10-30-20;/h1-6,8,10-11,18H,7,9H2,(H,23,24);1H. The van der Waals surface area contributed by atoms with Crippen molar-refractivity contribution in [2.45, 2.75) is 17.4 Å². The minimum absolute atomic E-state index is 0. The van der Waals surface area contributed by atoms with Crippen molar-refractivity contribution in [1.29, 1.82) is 5.26 Å². The average Bonchev–Trinajstić information content (AvgIpc) is 3.38. The molecule has 1 atom stereocenters. The summed E-state index contributed by atoms with van der Waals surface area (Å²) in [4.78, 5) is 18.1. The lowest BCUT2D eigenvalue weighted by Gasteiger charge is -2.18. The van der Waals surface area contributed by atoms with E-state index in [1.807, 2.05) is 0 Å². The zero-order valence-electron chi connectivity index (χ0n) is 15.9. The molecule has 2 heterocycles. The Hall–Kier alpha value is -3.49. The molecule has 0 spiro atoms. The lowest BCUT2D eigenvalue weighted by atomic mass is 10.2. The van der Waals surface area contributed by atoms with E-state index in [0.717, 1.165) is 17.4 Å². The Morgan fingerprint density at radius 1 is 1.29 bits per heavy atom. The van der Waals surface area contributed by atoms with Crippen LogP contribution in [0.5, 0.6) is 5.75 Å². The summed E-state index contributed by atoms with van der Waals surface area (Å²) in [7, 11) is -3.79. The third-order valence-electron chi connectivity index (χ3n) is 4.61. The molecule has 1 aliphatic heterocycles. The number of nitrogens with one attached hydrogen (secondary N) is 1. The molecule has 0 radical (unpaired) electrons. The number of carbonyl (C=O) groups excluding carboxylic acids is 1. The molecule has 1 fully saturated rings. The van der Waals surface area contributed by atoms with E-state index < -0.39 is 21.9 Å². The first-order valence-electron chi connectivity index (χ1n) is 9.07. The van der Waals surface area contributed by atoms with E-state index in [4.69, 9.17) is 10.00 Å². The molecule has 31 heavy (non-hydrogen) atoms. The number of rotatable bonds is 6. The maximum Gasteiger partial charge on any atom is 0.268 e. The zero-order valence-corrected chi connectivity index (χ0v) is 17.5. The van der Waals surface area contributed by atoms with Gasteiger partial charge in [0.1, 0.15) is 17.6 Å². The first kappa shape index (κ1) is 20.8. The second-order valence-electron chi connectivity index (χ2n) is 6.58. The molecule has 1 unspecified atom stereocenters. The number of nitrogens with zero attached hydrogens (tertiary/aromatic N) is 3. The second kappa shape index (κ2) is 8.33. The zero-order chi connectivity index (χ0) is 22.0. The molecule has 2 aromatic carbocycles. The molecule has 1 N–H and O–H groups in total. The van der Waals surface area contributed by atoms with Gasteiger partial charge in [-0.1, -0.05) is 0 Å². The van der Waals surface area contributed by atoms with Crippen LogP contribution >= 0.6 is 11.3 Å². The summed E-state index contributed by atoms with van der Waals surface area (Å²) in [6, 6.07) is 11.4. The highest BCUT2D eigenvalue weighted by Gasteiger charge is 2.34. The number of sulfonamides is 1. The quantitative estimate of drug-likeness (QED) is 0.603.